The van der Waals surface area contributed by atoms with Gasteiger partial charge >= 0.3 is 12.1 Å². The number of carbonyl (C=O) groups excluding carboxylic acids is 2. The van der Waals surface area contributed by atoms with Crippen molar-refractivity contribution in [2.24, 2.45) is 11.8 Å². The molecule has 36 heavy (non-hydrogen) atoms. The number of carbonyl (C=O) groups is 2. The first-order chi connectivity index (χ1) is 17.1. The first kappa shape index (κ1) is 25.5. The maximum absolute atomic E-state index is 12.1. The van der Waals surface area contributed by atoms with Crippen LogP contribution < -0.4 is 21.3 Å². The molecule has 190 valence electrons. The van der Waals surface area contributed by atoms with Gasteiger partial charge in [-0.1, -0.05) is 36.4 Å². The summed E-state index contributed by atoms with van der Waals surface area (Å²) in [5.74, 6) is -0.443. The largest absolute Gasteiger partial charge is 0.337 e. The molecule has 4 N–H and O–H groups in total. The van der Waals surface area contributed by atoms with E-state index in [1.165, 1.54) is 10.8 Å². The third kappa shape index (κ3) is 7.18. The van der Waals surface area contributed by atoms with E-state index in [-0.39, 0.29) is 36.4 Å². The summed E-state index contributed by atoms with van der Waals surface area (Å²) in [4.78, 5) is 24.2. The highest BCUT2D eigenvalue weighted by Crippen LogP contribution is 2.23. The van der Waals surface area contributed by atoms with E-state index in [9.17, 15) is 26.4 Å². The lowest BCUT2D eigenvalue weighted by molar-refractivity contribution is 0.250. The van der Waals surface area contributed by atoms with Crippen LogP contribution in [-0.4, -0.2) is 53.5 Å². The molecule has 4 rings (SSSR count). The molecule has 12 heteroatoms. The molecule has 2 aromatic rings. The Morgan fingerprint density at radius 1 is 0.639 bits per heavy atom. The molecular formula is C24H26N4O6S2. The predicted molar refractivity (Wildman–Crippen MR) is 139 cm³/mol. The van der Waals surface area contributed by atoms with Crippen LogP contribution in [0, 0.1) is 11.8 Å². The number of nitrogens with one attached hydrogen (secondary N) is 4. The average molecular weight is 531 g/mol. The van der Waals surface area contributed by atoms with Crippen LogP contribution in [0.15, 0.2) is 71.5 Å². The van der Waals surface area contributed by atoms with Gasteiger partial charge in [-0.3, -0.25) is 0 Å². The standard InChI is InChI=1S/C24H26N4O6S2/c29-23(25-13-17-9-11-35(31,32)15-17)27-21-5-1-19(2-6-21)20-3-7-22(8-4-20)28-24(30)26-14-18-10-12-36(33,34)16-18/h1-12,17-18H,13-16H2,(H2,25,27,29)(H2,26,28,30)/t17-,18+. The molecule has 0 radical (unpaired) electrons. The average Bonchev–Trinajstić information content (AvgIpc) is 3.37. The molecule has 0 saturated carbocycles. The number of amides is 4. The van der Waals surface area contributed by atoms with Gasteiger partial charge in [0.15, 0.2) is 19.7 Å². The van der Waals surface area contributed by atoms with E-state index in [0.29, 0.717) is 11.4 Å². The fraction of sp³-hybridized carbons (Fsp3) is 0.250. The van der Waals surface area contributed by atoms with Crippen LogP contribution in [-0.2, 0) is 19.7 Å². The Morgan fingerprint density at radius 3 is 1.31 bits per heavy atom. The van der Waals surface area contributed by atoms with Crippen molar-refractivity contribution in [3.63, 3.8) is 0 Å². The number of benzene rings is 2. The Kier molecular flexibility index (Phi) is 7.45. The highest BCUT2D eigenvalue weighted by atomic mass is 32.2. The van der Waals surface area contributed by atoms with Gasteiger partial charge in [0.05, 0.1) is 11.5 Å². The van der Waals surface area contributed by atoms with Gasteiger partial charge < -0.3 is 21.3 Å². The Balaban J connectivity index is 1.23. The Labute approximate surface area is 209 Å². The van der Waals surface area contributed by atoms with Gasteiger partial charge in [-0.05, 0) is 35.4 Å². The number of anilines is 2. The zero-order chi connectivity index (χ0) is 25.8. The van der Waals surface area contributed by atoms with Crippen molar-refractivity contribution in [2.45, 2.75) is 0 Å². The van der Waals surface area contributed by atoms with Crippen molar-refractivity contribution < 1.29 is 26.4 Å². The molecule has 2 aromatic carbocycles. The van der Waals surface area contributed by atoms with Crippen LogP contribution in [0.1, 0.15) is 0 Å². The van der Waals surface area contributed by atoms with Crippen molar-refractivity contribution >= 4 is 43.1 Å². The first-order valence-electron chi connectivity index (χ1n) is 11.2. The summed E-state index contributed by atoms with van der Waals surface area (Å²) >= 11 is 0. The molecule has 2 heterocycles. The smallest absolute Gasteiger partial charge is 0.319 e. The minimum Gasteiger partial charge on any atom is -0.337 e. The molecule has 4 amide bonds. The SMILES string of the molecule is O=C(NC[C@H]1C=CS(=O)(=O)C1)Nc1ccc(-c2ccc(NC(=O)NC[C@@H]3C=CS(=O)(=O)C3)cc2)cc1. The van der Waals surface area contributed by atoms with E-state index >= 15 is 0 Å². The highest BCUT2D eigenvalue weighted by Gasteiger charge is 2.22. The van der Waals surface area contributed by atoms with Gasteiger partial charge in [-0.2, -0.15) is 0 Å². The monoisotopic (exact) mass is 530 g/mol. The number of sulfone groups is 2. The summed E-state index contributed by atoms with van der Waals surface area (Å²) in [6.45, 7) is 0.467. The Morgan fingerprint density at radius 2 is 1.00 bits per heavy atom. The van der Waals surface area contributed by atoms with Crippen LogP contribution >= 0.6 is 0 Å². The van der Waals surface area contributed by atoms with Crippen LogP contribution in [0.25, 0.3) is 11.1 Å². The van der Waals surface area contributed by atoms with Crippen molar-refractivity contribution in [1.29, 1.82) is 0 Å². The van der Waals surface area contributed by atoms with E-state index in [0.717, 1.165) is 11.1 Å². The molecule has 0 unspecified atom stereocenters. The van der Waals surface area contributed by atoms with Crippen molar-refractivity contribution in [3.8, 4) is 11.1 Å². The van der Waals surface area contributed by atoms with E-state index in [1.807, 2.05) is 24.3 Å². The summed E-state index contributed by atoms with van der Waals surface area (Å²) in [6, 6.07) is 13.6. The van der Waals surface area contributed by atoms with E-state index in [1.54, 1.807) is 36.4 Å². The fourth-order valence-corrected chi connectivity index (χ4v) is 6.62. The van der Waals surface area contributed by atoms with Gasteiger partial charge in [-0.15, -0.1) is 0 Å². The van der Waals surface area contributed by atoms with Gasteiger partial charge in [0.25, 0.3) is 0 Å². The summed E-state index contributed by atoms with van der Waals surface area (Å²) in [5.41, 5.74) is 3.00. The molecule has 0 aromatic heterocycles. The third-order valence-electron chi connectivity index (χ3n) is 5.68. The highest BCUT2D eigenvalue weighted by molar-refractivity contribution is 7.94. The normalized spacial score (nSPS) is 21.1. The minimum atomic E-state index is -3.15. The Hall–Kier alpha value is -3.64. The molecule has 2 aliphatic rings. The number of urea groups is 2. The van der Waals surface area contributed by atoms with Crippen molar-refractivity contribution in [2.75, 3.05) is 35.2 Å². The number of hydrogen-bond donors (Lipinski definition) is 4. The predicted octanol–water partition coefficient (Wildman–Crippen LogP) is 2.71. The van der Waals surface area contributed by atoms with E-state index in [4.69, 9.17) is 0 Å². The lowest BCUT2D eigenvalue weighted by atomic mass is 10.1. The Bertz CT molecular complexity index is 1290. The molecule has 0 bridgehead atoms. The number of rotatable bonds is 7. The van der Waals surface area contributed by atoms with E-state index < -0.39 is 31.7 Å². The van der Waals surface area contributed by atoms with Gasteiger partial charge in [0.1, 0.15) is 0 Å². The maximum Gasteiger partial charge on any atom is 0.319 e. The molecule has 0 aliphatic carbocycles. The van der Waals surface area contributed by atoms with Crippen LogP contribution in [0.4, 0.5) is 21.0 Å². The second-order valence-corrected chi connectivity index (χ2v) is 12.5. The van der Waals surface area contributed by atoms with Crippen LogP contribution in [0.2, 0.25) is 0 Å². The van der Waals surface area contributed by atoms with Crippen LogP contribution in [0.3, 0.4) is 0 Å². The molecule has 10 nitrogen and oxygen atoms in total. The summed E-state index contributed by atoms with van der Waals surface area (Å²) in [6.07, 6.45) is 3.17. The second kappa shape index (κ2) is 10.5. The van der Waals surface area contributed by atoms with Gasteiger partial charge in [0.2, 0.25) is 0 Å². The summed E-state index contributed by atoms with van der Waals surface area (Å²) < 4.78 is 45.7. The lowest BCUT2D eigenvalue weighted by Gasteiger charge is -2.12. The molecule has 0 spiro atoms. The summed E-state index contributed by atoms with van der Waals surface area (Å²) in [5, 5.41) is 13.1. The number of hydrogen-bond acceptors (Lipinski definition) is 6. The quantitative estimate of drug-likeness (QED) is 0.432. The fourth-order valence-electron chi connectivity index (χ4n) is 3.82. The molecule has 2 aliphatic heterocycles. The van der Waals surface area contributed by atoms with Gasteiger partial charge in [-0.25, -0.2) is 26.4 Å². The first-order valence-corrected chi connectivity index (χ1v) is 14.6. The molecule has 2 atom stereocenters. The van der Waals surface area contributed by atoms with Crippen molar-refractivity contribution in [1.82, 2.24) is 10.6 Å². The van der Waals surface area contributed by atoms with E-state index in [2.05, 4.69) is 21.3 Å². The molecular weight excluding hydrogens is 504 g/mol. The second-order valence-electron chi connectivity index (χ2n) is 8.66. The third-order valence-corrected chi connectivity index (χ3v) is 8.61. The zero-order valence-corrected chi connectivity index (χ0v) is 20.8. The molecule has 0 fully saturated rings. The maximum atomic E-state index is 12.1. The zero-order valence-electron chi connectivity index (χ0n) is 19.2. The molecule has 0 saturated heterocycles. The topological polar surface area (TPSA) is 151 Å². The lowest BCUT2D eigenvalue weighted by Crippen LogP contribution is -2.33. The van der Waals surface area contributed by atoms with Crippen LogP contribution in [0.5, 0.6) is 0 Å². The van der Waals surface area contributed by atoms with Gasteiger partial charge in [0, 0.05) is 47.1 Å². The minimum absolute atomic E-state index is 0.00540. The van der Waals surface area contributed by atoms with Crippen molar-refractivity contribution in [3.05, 3.63) is 71.5 Å². The summed E-state index contributed by atoms with van der Waals surface area (Å²) in [7, 11) is -6.30.